The molecular weight excluding hydrogens is 460 g/mol. The summed E-state index contributed by atoms with van der Waals surface area (Å²) in [5.41, 5.74) is 21.7. The summed E-state index contributed by atoms with van der Waals surface area (Å²) in [6.07, 6.45) is -0.239. The molecule has 3 atom stereocenters. The monoisotopic (exact) mass is 492 g/mol. The topological polar surface area (TPSA) is 258 Å². The molecule has 0 bridgehead atoms. The van der Waals surface area contributed by atoms with E-state index in [4.69, 9.17) is 22.9 Å². The van der Waals surface area contributed by atoms with Crippen LogP contribution in [0.3, 0.4) is 0 Å². The minimum Gasteiger partial charge on any atom is -0.480 e. The first-order valence-corrected chi connectivity index (χ1v) is 10.7. The summed E-state index contributed by atoms with van der Waals surface area (Å²) >= 11 is 0. The molecule has 0 saturated carbocycles. The molecule has 4 amide bonds. The van der Waals surface area contributed by atoms with Gasteiger partial charge in [0.2, 0.25) is 23.6 Å². The number of carbonyl (C=O) groups excluding carboxylic acids is 4. The van der Waals surface area contributed by atoms with Gasteiger partial charge in [-0.15, -0.1) is 0 Å². The van der Waals surface area contributed by atoms with Gasteiger partial charge in [-0.2, -0.15) is 0 Å². The molecule has 0 saturated heterocycles. The zero-order valence-corrected chi connectivity index (χ0v) is 19.1. The SMILES string of the molecule is NCC(=O)NC(CCCN=C(N)N)C(=O)NC(CC(N)=O)C(=O)NC(Cc1ccccc1)C(=O)O. The molecule has 14 nitrogen and oxygen atoms in total. The Bertz CT molecular complexity index is 920. The van der Waals surface area contributed by atoms with Gasteiger partial charge in [-0.1, -0.05) is 30.3 Å². The van der Waals surface area contributed by atoms with Gasteiger partial charge >= 0.3 is 5.97 Å². The summed E-state index contributed by atoms with van der Waals surface area (Å²) in [4.78, 5) is 64.4. The number of hydrogen-bond acceptors (Lipinski definition) is 7. The van der Waals surface area contributed by atoms with Crippen molar-refractivity contribution in [2.24, 2.45) is 27.9 Å². The van der Waals surface area contributed by atoms with Gasteiger partial charge in [0, 0.05) is 13.0 Å². The molecule has 0 spiro atoms. The summed E-state index contributed by atoms with van der Waals surface area (Å²) in [6.45, 7) is -0.210. The maximum absolute atomic E-state index is 12.8. The lowest BCUT2D eigenvalue weighted by molar-refractivity contribution is -0.142. The third kappa shape index (κ3) is 11.5. The van der Waals surface area contributed by atoms with Crippen molar-refractivity contribution in [2.45, 2.75) is 43.8 Å². The molecule has 0 aliphatic carbocycles. The van der Waals surface area contributed by atoms with Crippen LogP contribution >= 0.6 is 0 Å². The predicted octanol–water partition coefficient (Wildman–Crippen LogP) is -3.34. The number of aliphatic carboxylic acids is 1. The lowest BCUT2D eigenvalue weighted by Crippen LogP contribution is -2.57. The van der Waals surface area contributed by atoms with E-state index in [0.29, 0.717) is 12.0 Å². The number of rotatable bonds is 15. The van der Waals surface area contributed by atoms with Crippen LogP contribution in [0, 0.1) is 0 Å². The highest BCUT2D eigenvalue weighted by atomic mass is 16.4. The van der Waals surface area contributed by atoms with E-state index in [0.717, 1.165) is 0 Å². The summed E-state index contributed by atoms with van der Waals surface area (Å²) in [7, 11) is 0. The van der Waals surface area contributed by atoms with Crippen LogP contribution in [0.1, 0.15) is 24.8 Å². The second kappa shape index (κ2) is 14.8. The number of hydrogen-bond donors (Lipinski definition) is 8. The summed E-state index contributed by atoms with van der Waals surface area (Å²) in [5.74, 6) is -4.71. The zero-order valence-electron chi connectivity index (χ0n) is 19.1. The fourth-order valence-corrected chi connectivity index (χ4v) is 3.03. The molecule has 0 radical (unpaired) electrons. The van der Waals surface area contributed by atoms with Crippen LogP contribution in [-0.4, -0.2) is 71.9 Å². The largest absolute Gasteiger partial charge is 0.480 e. The van der Waals surface area contributed by atoms with Gasteiger partial charge < -0.3 is 44.0 Å². The minimum atomic E-state index is -1.48. The highest BCUT2D eigenvalue weighted by Crippen LogP contribution is 2.06. The van der Waals surface area contributed by atoms with Crippen molar-refractivity contribution in [3.05, 3.63) is 35.9 Å². The lowest BCUT2D eigenvalue weighted by Gasteiger charge is -2.24. The zero-order chi connectivity index (χ0) is 26.4. The lowest BCUT2D eigenvalue weighted by atomic mass is 10.0. The number of carboxylic acid groups (broad SMARTS) is 1. The number of guanidine groups is 1. The number of primary amides is 1. The highest BCUT2D eigenvalue weighted by molar-refractivity contribution is 5.95. The summed E-state index contributed by atoms with van der Waals surface area (Å²) in [5, 5.41) is 16.6. The van der Waals surface area contributed by atoms with Gasteiger partial charge in [-0.3, -0.25) is 24.2 Å². The molecular formula is C21H32N8O6. The molecule has 14 heteroatoms. The first-order chi connectivity index (χ1) is 16.5. The predicted molar refractivity (Wildman–Crippen MR) is 126 cm³/mol. The Kier molecular flexibility index (Phi) is 12.2. The molecule has 3 unspecified atom stereocenters. The van der Waals surface area contributed by atoms with E-state index >= 15 is 0 Å². The average molecular weight is 493 g/mol. The summed E-state index contributed by atoms with van der Waals surface area (Å²) < 4.78 is 0. The molecule has 1 rings (SSSR count). The Morgan fingerprint density at radius 3 is 2.03 bits per heavy atom. The van der Waals surface area contributed by atoms with Gasteiger partial charge in [0.05, 0.1) is 13.0 Å². The molecule has 35 heavy (non-hydrogen) atoms. The Morgan fingerprint density at radius 2 is 1.49 bits per heavy atom. The minimum absolute atomic E-state index is 0.0286. The number of carbonyl (C=O) groups is 5. The molecule has 0 aliphatic rings. The third-order valence-electron chi connectivity index (χ3n) is 4.72. The molecule has 0 fully saturated rings. The van der Waals surface area contributed by atoms with Crippen LogP contribution in [0.15, 0.2) is 35.3 Å². The van der Waals surface area contributed by atoms with Crippen LogP contribution in [0.2, 0.25) is 0 Å². The Balaban J connectivity index is 2.96. The van der Waals surface area contributed by atoms with Crippen molar-refractivity contribution in [2.75, 3.05) is 13.1 Å². The van der Waals surface area contributed by atoms with Crippen molar-refractivity contribution >= 4 is 35.6 Å². The van der Waals surface area contributed by atoms with Crippen molar-refractivity contribution in [1.82, 2.24) is 16.0 Å². The van der Waals surface area contributed by atoms with Crippen LogP contribution in [-0.2, 0) is 30.4 Å². The quantitative estimate of drug-likeness (QED) is 0.0690. The van der Waals surface area contributed by atoms with E-state index in [1.165, 1.54) is 0 Å². The van der Waals surface area contributed by atoms with E-state index in [1.54, 1.807) is 30.3 Å². The fourth-order valence-electron chi connectivity index (χ4n) is 3.03. The maximum Gasteiger partial charge on any atom is 0.326 e. The number of amides is 4. The van der Waals surface area contributed by atoms with Crippen molar-refractivity contribution in [3.63, 3.8) is 0 Å². The smallest absolute Gasteiger partial charge is 0.326 e. The fraction of sp³-hybridized carbons (Fsp3) is 0.429. The van der Waals surface area contributed by atoms with Crippen molar-refractivity contribution in [1.29, 1.82) is 0 Å². The second-order valence-electron chi connectivity index (χ2n) is 7.59. The molecule has 12 N–H and O–H groups in total. The van der Waals surface area contributed by atoms with E-state index < -0.39 is 54.1 Å². The standard InChI is InChI=1S/C21H32N8O6/c22-11-17(31)27-13(7-4-8-26-21(24)25)18(32)28-14(10-16(23)30)19(33)29-15(20(34)35)9-12-5-2-1-3-6-12/h1-3,5-6,13-15H,4,7-11,22H2,(H2,23,30)(H,27,31)(H,28,32)(H,29,33)(H,34,35)(H4,24,25,26). The van der Waals surface area contributed by atoms with E-state index in [-0.39, 0.29) is 31.9 Å². The Hall–Kier alpha value is -4.20. The van der Waals surface area contributed by atoms with Crippen molar-refractivity contribution in [3.8, 4) is 0 Å². The van der Waals surface area contributed by atoms with Gasteiger partial charge in [-0.25, -0.2) is 4.79 Å². The number of benzene rings is 1. The number of aliphatic imine (C=N–C) groups is 1. The van der Waals surface area contributed by atoms with Crippen LogP contribution in [0.4, 0.5) is 0 Å². The molecule has 1 aromatic rings. The second-order valence-corrected chi connectivity index (χ2v) is 7.59. The van der Waals surface area contributed by atoms with Crippen LogP contribution < -0.4 is 38.9 Å². The first-order valence-electron chi connectivity index (χ1n) is 10.7. The summed E-state index contributed by atoms with van der Waals surface area (Å²) in [6, 6.07) is 4.65. The first kappa shape index (κ1) is 28.8. The van der Waals surface area contributed by atoms with Gasteiger partial charge in [0.1, 0.15) is 18.1 Å². The van der Waals surface area contributed by atoms with Gasteiger partial charge in [0.25, 0.3) is 0 Å². The number of nitrogens with two attached hydrogens (primary N) is 4. The molecule has 0 aliphatic heterocycles. The van der Waals surface area contributed by atoms with E-state index in [9.17, 15) is 29.1 Å². The van der Waals surface area contributed by atoms with Gasteiger partial charge in [0.15, 0.2) is 5.96 Å². The highest BCUT2D eigenvalue weighted by Gasteiger charge is 2.30. The number of nitrogens with one attached hydrogen (secondary N) is 3. The average Bonchev–Trinajstić information content (AvgIpc) is 2.79. The van der Waals surface area contributed by atoms with E-state index in [1.807, 2.05) is 0 Å². The normalized spacial score (nSPS) is 12.9. The Morgan fingerprint density at radius 1 is 0.886 bits per heavy atom. The molecule has 0 aromatic heterocycles. The number of carboxylic acids is 1. The Labute approximate surface area is 201 Å². The molecule has 1 aromatic carbocycles. The van der Waals surface area contributed by atoms with Crippen molar-refractivity contribution < 1.29 is 29.1 Å². The third-order valence-corrected chi connectivity index (χ3v) is 4.72. The maximum atomic E-state index is 12.8. The van der Waals surface area contributed by atoms with Crippen LogP contribution in [0.25, 0.3) is 0 Å². The van der Waals surface area contributed by atoms with Crippen LogP contribution in [0.5, 0.6) is 0 Å². The molecule has 0 heterocycles. The van der Waals surface area contributed by atoms with Gasteiger partial charge in [-0.05, 0) is 18.4 Å². The van der Waals surface area contributed by atoms with E-state index in [2.05, 4.69) is 20.9 Å². The number of nitrogens with zero attached hydrogens (tertiary/aromatic N) is 1. The molecule has 192 valence electrons.